The van der Waals surface area contributed by atoms with Crippen LogP contribution in [0.3, 0.4) is 0 Å². The number of amides is 2. The van der Waals surface area contributed by atoms with Crippen LogP contribution in [0.5, 0.6) is 0 Å². The lowest BCUT2D eigenvalue weighted by Crippen LogP contribution is -2.52. The summed E-state index contributed by atoms with van der Waals surface area (Å²) >= 11 is 1.03. The molecule has 1 aliphatic carbocycles. The Hall–Kier alpha value is -2.37. The number of hydrogen-bond donors (Lipinski definition) is 2. The number of hydrogen-bond acceptors (Lipinski definition) is 5. The van der Waals surface area contributed by atoms with Crippen LogP contribution in [0.25, 0.3) is 0 Å². The number of aromatic carboxylic acids is 1. The van der Waals surface area contributed by atoms with E-state index in [2.05, 4.69) is 18.8 Å². The molecule has 1 aromatic heterocycles. The van der Waals surface area contributed by atoms with Gasteiger partial charge in [0.2, 0.25) is 11.8 Å². The first-order valence-electron chi connectivity index (χ1n) is 11.7. The van der Waals surface area contributed by atoms with Crippen molar-refractivity contribution in [2.75, 3.05) is 25.1 Å². The van der Waals surface area contributed by atoms with Gasteiger partial charge in [-0.3, -0.25) is 14.5 Å². The number of rotatable bonds is 8. The van der Waals surface area contributed by atoms with Crippen LogP contribution in [0, 0.1) is 29.6 Å². The van der Waals surface area contributed by atoms with Gasteiger partial charge in [-0.15, -0.1) is 11.3 Å². The quantitative estimate of drug-likeness (QED) is 0.556. The average Bonchev–Trinajstić information content (AvgIpc) is 3.20. The second kappa shape index (κ2) is 12.2. The van der Waals surface area contributed by atoms with Gasteiger partial charge in [-0.25, -0.2) is 4.79 Å². The highest BCUT2D eigenvalue weighted by Crippen LogP contribution is 2.37. The number of carbonyl (C=O) groups is 3. The molecule has 1 heterocycles. The summed E-state index contributed by atoms with van der Waals surface area (Å²) in [7, 11) is 1.58. The third-order valence-corrected chi connectivity index (χ3v) is 7.08. The predicted molar refractivity (Wildman–Crippen MR) is 130 cm³/mol. The van der Waals surface area contributed by atoms with Crippen LogP contribution in [-0.2, 0) is 9.59 Å². The smallest absolute Gasteiger partial charge is 0.348 e. The third-order valence-electron chi connectivity index (χ3n) is 6.05. The predicted octanol–water partition coefficient (Wildman–Crippen LogP) is 3.84. The van der Waals surface area contributed by atoms with Gasteiger partial charge in [-0.05, 0) is 44.1 Å². The number of anilines is 1. The molecule has 0 aliphatic heterocycles. The largest absolute Gasteiger partial charge is 0.477 e. The molecule has 8 heteroatoms. The van der Waals surface area contributed by atoms with Crippen molar-refractivity contribution >= 4 is 34.8 Å². The lowest BCUT2D eigenvalue weighted by molar-refractivity contribution is -0.135. The van der Waals surface area contributed by atoms with Crippen LogP contribution in [0.4, 0.5) is 5.69 Å². The van der Waals surface area contributed by atoms with E-state index in [-0.39, 0.29) is 47.4 Å². The molecular formula is C25H36N2O5S. The molecule has 1 atom stereocenters. The summed E-state index contributed by atoms with van der Waals surface area (Å²) in [6.07, 6.45) is 3.63. The zero-order valence-electron chi connectivity index (χ0n) is 20.3. The highest BCUT2D eigenvalue weighted by Gasteiger charge is 2.38. The van der Waals surface area contributed by atoms with Crippen molar-refractivity contribution in [3.05, 3.63) is 15.8 Å². The Morgan fingerprint density at radius 3 is 2.36 bits per heavy atom. The number of aliphatic hydroxyl groups is 1. The Morgan fingerprint density at radius 1 is 1.21 bits per heavy atom. The highest BCUT2D eigenvalue weighted by molar-refractivity contribution is 7.15. The van der Waals surface area contributed by atoms with E-state index in [1.54, 1.807) is 13.1 Å². The zero-order valence-corrected chi connectivity index (χ0v) is 21.1. The Morgan fingerprint density at radius 2 is 1.85 bits per heavy atom. The fourth-order valence-electron chi connectivity index (χ4n) is 4.12. The van der Waals surface area contributed by atoms with Crippen molar-refractivity contribution in [2.45, 2.75) is 65.8 Å². The van der Waals surface area contributed by atoms with Crippen LogP contribution >= 0.6 is 11.3 Å². The molecule has 1 fully saturated rings. The topological polar surface area (TPSA) is 98.2 Å². The minimum atomic E-state index is -1.14. The Labute approximate surface area is 200 Å². The van der Waals surface area contributed by atoms with Crippen LogP contribution in [-0.4, -0.2) is 59.1 Å². The first-order chi connectivity index (χ1) is 15.6. The third kappa shape index (κ3) is 6.81. The maximum Gasteiger partial charge on any atom is 0.348 e. The normalized spacial score (nSPS) is 18.9. The minimum Gasteiger partial charge on any atom is -0.477 e. The van der Waals surface area contributed by atoms with E-state index in [0.29, 0.717) is 17.2 Å². The number of nitrogens with zero attached hydrogens (tertiary/aromatic N) is 2. The first-order valence-corrected chi connectivity index (χ1v) is 12.5. The zero-order chi connectivity index (χ0) is 24.7. The number of carboxylic acids is 1. The summed E-state index contributed by atoms with van der Waals surface area (Å²) in [6, 6.07) is 0.779. The Kier molecular flexibility index (Phi) is 9.93. The van der Waals surface area contributed by atoms with Crippen molar-refractivity contribution in [3.8, 4) is 11.8 Å². The molecule has 1 saturated carbocycles. The van der Waals surface area contributed by atoms with Gasteiger partial charge in [0.1, 0.15) is 10.9 Å². The fraction of sp³-hybridized carbons (Fsp3) is 0.640. The van der Waals surface area contributed by atoms with E-state index in [4.69, 9.17) is 0 Å². The van der Waals surface area contributed by atoms with Crippen molar-refractivity contribution in [1.29, 1.82) is 0 Å². The van der Waals surface area contributed by atoms with Gasteiger partial charge in [-0.2, -0.15) is 0 Å². The van der Waals surface area contributed by atoms with Crippen molar-refractivity contribution in [2.24, 2.45) is 17.8 Å². The monoisotopic (exact) mass is 476 g/mol. The summed E-state index contributed by atoms with van der Waals surface area (Å²) in [4.78, 5) is 42.6. The molecule has 0 spiro atoms. The standard InChI is InChI=1S/C25H36N2O5S/c1-6-20(24(30)26(5)13-14-28)27(23(29)18-10-8-17(4)9-11-18)21-15-19(12-7-16(2)3)33-22(21)25(31)32/h15-18,20,28H,6,8-11,13-14H2,1-5H3,(H,31,32)/t17?,18?,20-/m1/s1. The van der Waals surface area contributed by atoms with E-state index in [1.807, 2.05) is 20.8 Å². The molecule has 33 heavy (non-hydrogen) atoms. The lowest BCUT2D eigenvalue weighted by atomic mass is 9.82. The maximum atomic E-state index is 13.8. The van der Waals surface area contributed by atoms with E-state index < -0.39 is 12.0 Å². The van der Waals surface area contributed by atoms with Crippen LogP contribution in [0.1, 0.15) is 74.3 Å². The number of aliphatic hydroxyl groups excluding tert-OH is 1. The van der Waals surface area contributed by atoms with Crippen molar-refractivity contribution < 1.29 is 24.6 Å². The fourth-order valence-corrected chi connectivity index (χ4v) is 4.97. The van der Waals surface area contributed by atoms with Gasteiger partial charge < -0.3 is 15.1 Å². The lowest BCUT2D eigenvalue weighted by Gasteiger charge is -2.36. The van der Waals surface area contributed by atoms with Crippen LogP contribution in [0.2, 0.25) is 0 Å². The van der Waals surface area contributed by atoms with Crippen LogP contribution < -0.4 is 4.90 Å². The molecule has 182 valence electrons. The molecule has 0 bridgehead atoms. The molecule has 0 unspecified atom stereocenters. The molecule has 0 aromatic carbocycles. The SMILES string of the molecule is CC[C@H](C(=O)N(C)CCO)N(C(=O)C1CCC(C)CC1)c1cc(C#CC(C)C)sc1C(=O)O. The summed E-state index contributed by atoms with van der Waals surface area (Å²) in [5.41, 5.74) is 0.238. The molecule has 1 aromatic rings. The maximum absolute atomic E-state index is 13.8. The molecular weight excluding hydrogens is 440 g/mol. The van der Waals surface area contributed by atoms with Gasteiger partial charge in [0.15, 0.2) is 0 Å². The molecule has 0 radical (unpaired) electrons. The van der Waals surface area contributed by atoms with E-state index in [1.165, 1.54) is 9.80 Å². The second-order valence-electron chi connectivity index (χ2n) is 9.13. The van der Waals surface area contributed by atoms with E-state index in [9.17, 15) is 24.6 Å². The highest BCUT2D eigenvalue weighted by atomic mass is 32.1. The Bertz CT molecular complexity index is 906. The van der Waals surface area contributed by atoms with Gasteiger partial charge in [0.25, 0.3) is 0 Å². The van der Waals surface area contributed by atoms with Crippen molar-refractivity contribution in [1.82, 2.24) is 4.90 Å². The summed E-state index contributed by atoms with van der Waals surface area (Å²) in [5.74, 6) is 4.79. The van der Waals surface area contributed by atoms with Gasteiger partial charge in [-0.1, -0.05) is 39.5 Å². The summed E-state index contributed by atoms with van der Waals surface area (Å²) in [6.45, 7) is 7.82. The second-order valence-corrected chi connectivity index (χ2v) is 10.2. The molecule has 2 amide bonds. The minimum absolute atomic E-state index is 0.0108. The van der Waals surface area contributed by atoms with Gasteiger partial charge in [0, 0.05) is 25.4 Å². The Balaban J connectivity index is 2.59. The molecule has 7 nitrogen and oxygen atoms in total. The molecule has 0 saturated heterocycles. The average molecular weight is 477 g/mol. The summed E-state index contributed by atoms with van der Waals surface area (Å²) < 4.78 is 0. The van der Waals surface area contributed by atoms with Gasteiger partial charge >= 0.3 is 5.97 Å². The van der Waals surface area contributed by atoms with Crippen molar-refractivity contribution in [3.63, 3.8) is 0 Å². The number of carboxylic acid groups (broad SMARTS) is 1. The summed E-state index contributed by atoms with van der Waals surface area (Å²) in [5, 5.41) is 19.2. The molecule has 2 rings (SSSR count). The van der Waals surface area contributed by atoms with Crippen LogP contribution in [0.15, 0.2) is 6.07 Å². The van der Waals surface area contributed by atoms with E-state index in [0.717, 1.165) is 37.0 Å². The number of carbonyl (C=O) groups excluding carboxylic acids is 2. The molecule has 2 N–H and O–H groups in total. The molecule has 1 aliphatic rings. The number of thiophene rings is 1. The number of likely N-dealkylation sites (N-methyl/N-ethyl adjacent to an activating group) is 1. The van der Waals surface area contributed by atoms with Gasteiger partial charge in [0.05, 0.1) is 17.2 Å². The van der Waals surface area contributed by atoms with E-state index >= 15 is 0 Å². The first kappa shape index (κ1) is 26.9.